The van der Waals surface area contributed by atoms with Crippen LogP contribution in [0, 0.1) is 11.8 Å². The van der Waals surface area contributed by atoms with E-state index in [0.717, 1.165) is 30.4 Å². The lowest BCUT2D eigenvalue weighted by Crippen LogP contribution is -2.40. The fourth-order valence-corrected chi connectivity index (χ4v) is 3.99. The number of likely N-dealkylation sites (tertiary alicyclic amines) is 1. The van der Waals surface area contributed by atoms with Gasteiger partial charge in [-0.1, -0.05) is 13.8 Å². The maximum Gasteiger partial charge on any atom is 0.224 e. The van der Waals surface area contributed by atoms with Crippen LogP contribution in [0.15, 0.2) is 12.1 Å². The lowest BCUT2D eigenvalue weighted by Gasteiger charge is -2.34. The van der Waals surface area contributed by atoms with Gasteiger partial charge < -0.3 is 24.4 Å². The summed E-state index contributed by atoms with van der Waals surface area (Å²) >= 11 is 0. The first-order valence-electron chi connectivity index (χ1n) is 9.74. The van der Waals surface area contributed by atoms with Gasteiger partial charge in [0.15, 0.2) is 11.5 Å². The first-order chi connectivity index (χ1) is 13.0. The Kier molecular flexibility index (Phi) is 8.23. The van der Waals surface area contributed by atoms with Crippen LogP contribution < -0.4 is 19.5 Å². The van der Waals surface area contributed by atoms with Crippen LogP contribution in [0.1, 0.15) is 32.3 Å². The Morgan fingerprint density at radius 2 is 1.67 bits per heavy atom. The highest BCUT2D eigenvalue weighted by atomic mass is 16.5. The van der Waals surface area contributed by atoms with Gasteiger partial charge in [-0.3, -0.25) is 4.79 Å². The van der Waals surface area contributed by atoms with Crippen molar-refractivity contribution < 1.29 is 19.0 Å². The Bertz CT molecular complexity index is 585. The van der Waals surface area contributed by atoms with E-state index in [9.17, 15) is 4.79 Å². The van der Waals surface area contributed by atoms with E-state index in [-0.39, 0.29) is 12.3 Å². The van der Waals surface area contributed by atoms with Gasteiger partial charge in [-0.05, 0) is 48.9 Å². The van der Waals surface area contributed by atoms with E-state index in [4.69, 9.17) is 14.2 Å². The Morgan fingerprint density at radius 1 is 1.07 bits per heavy atom. The van der Waals surface area contributed by atoms with Crippen molar-refractivity contribution in [1.82, 2.24) is 10.2 Å². The number of hydrogen-bond acceptors (Lipinski definition) is 5. The van der Waals surface area contributed by atoms with Gasteiger partial charge in [-0.2, -0.15) is 0 Å². The molecular formula is C21H34N2O4. The van der Waals surface area contributed by atoms with Crippen molar-refractivity contribution in [2.45, 2.75) is 33.1 Å². The van der Waals surface area contributed by atoms with Crippen LogP contribution in [0.25, 0.3) is 0 Å². The molecule has 1 fully saturated rings. The van der Waals surface area contributed by atoms with Gasteiger partial charge in [0.25, 0.3) is 0 Å². The van der Waals surface area contributed by atoms with Crippen molar-refractivity contribution in [2.75, 3.05) is 47.5 Å². The highest BCUT2D eigenvalue weighted by molar-refractivity contribution is 5.79. The molecule has 0 bridgehead atoms. The minimum atomic E-state index is 0.00431. The molecule has 1 aliphatic heterocycles. The number of methoxy groups -OCH3 is 3. The molecule has 2 rings (SSSR count). The third-order valence-electron chi connectivity index (χ3n) is 5.01. The topological polar surface area (TPSA) is 60.0 Å². The lowest BCUT2D eigenvalue weighted by atomic mass is 9.92. The smallest absolute Gasteiger partial charge is 0.224 e. The van der Waals surface area contributed by atoms with Crippen molar-refractivity contribution in [3.63, 3.8) is 0 Å². The number of rotatable bonds is 9. The maximum absolute atomic E-state index is 12.3. The zero-order chi connectivity index (χ0) is 19.8. The number of amides is 1. The molecule has 0 radical (unpaired) electrons. The summed E-state index contributed by atoms with van der Waals surface area (Å²) in [5.41, 5.74) is 0.834. The van der Waals surface area contributed by atoms with Crippen LogP contribution in [-0.2, 0) is 11.2 Å². The molecule has 0 unspecified atom stereocenters. The second-order valence-electron chi connectivity index (χ2n) is 7.62. The zero-order valence-corrected chi connectivity index (χ0v) is 17.3. The quantitative estimate of drug-likeness (QED) is 0.670. The Balaban J connectivity index is 1.80. The second kappa shape index (κ2) is 10.4. The SMILES string of the molecule is COc1cc(CC(=O)NCCCN2C[C@H](C)C[C@H](C)C2)cc(OC)c1OC. The number of carbonyl (C=O) groups is 1. The predicted molar refractivity (Wildman–Crippen MR) is 107 cm³/mol. The van der Waals surface area contributed by atoms with Crippen molar-refractivity contribution in [1.29, 1.82) is 0 Å². The number of piperidine rings is 1. The summed E-state index contributed by atoms with van der Waals surface area (Å²) in [5, 5.41) is 3.02. The largest absolute Gasteiger partial charge is 0.493 e. The van der Waals surface area contributed by atoms with Crippen LogP contribution in [0.2, 0.25) is 0 Å². The Labute approximate surface area is 163 Å². The van der Waals surface area contributed by atoms with Crippen LogP contribution in [0.3, 0.4) is 0 Å². The highest BCUT2D eigenvalue weighted by Crippen LogP contribution is 2.38. The third-order valence-corrected chi connectivity index (χ3v) is 5.01. The van der Waals surface area contributed by atoms with Crippen molar-refractivity contribution in [3.05, 3.63) is 17.7 Å². The van der Waals surface area contributed by atoms with Gasteiger partial charge in [-0.25, -0.2) is 0 Å². The standard InChI is InChI=1S/C21H34N2O4/c1-15-9-16(2)14-23(13-15)8-6-7-22-20(24)12-17-10-18(25-3)21(27-5)19(11-17)26-4/h10-11,15-16H,6-9,12-14H2,1-5H3,(H,22,24)/t15-,16+. The number of benzene rings is 1. The van der Waals surface area contributed by atoms with E-state index in [1.54, 1.807) is 21.3 Å². The molecule has 1 N–H and O–H groups in total. The van der Waals surface area contributed by atoms with Gasteiger partial charge in [0.2, 0.25) is 11.7 Å². The third kappa shape index (κ3) is 6.31. The molecule has 1 aliphatic rings. The van der Waals surface area contributed by atoms with E-state index in [1.807, 2.05) is 12.1 Å². The van der Waals surface area contributed by atoms with Gasteiger partial charge in [-0.15, -0.1) is 0 Å². The van der Waals surface area contributed by atoms with Gasteiger partial charge in [0.1, 0.15) is 0 Å². The summed E-state index contributed by atoms with van der Waals surface area (Å²) in [6, 6.07) is 3.63. The minimum absolute atomic E-state index is 0.00431. The number of carbonyl (C=O) groups excluding carboxylic acids is 1. The van der Waals surface area contributed by atoms with Crippen molar-refractivity contribution in [3.8, 4) is 17.2 Å². The summed E-state index contributed by atoms with van der Waals surface area (Å²) < 4.78 is 16.0. The van der Waals surface area contributed by atoms with Crippen LogP contribution in [0.4, 0.5) is 0 Å². The summed E-state index contributed by atoms with van der Waals surface area (Å²) in [6.45, 7) is 8.72. The first-order valence-corrected chi connectivity index (χ1v) is 9.74. The van der Waals surface area contributed by atoms with E-state index < -0.39 is 0 Å². The van der Waals surface area contributed by atoms with Crippen molar-refractivity contribution in [2.24, 2.45) is 11.8 Å². The lowest BCUT2D eigenvalue weighted by molar-refractivity contribution is -0.120. The summed E-state index contributed by atoms with van der Waals surface area (Å²) in [7, 11) is 4.71. The second-order valence-corrected chi connectivity index (χ2v) is 7.62. The van der Waals surface area contributed by atoms with Crippen LogP contribution >= 0.6 is 0 Å². The molecule has 2 atom stereocenters. The number of ether oxygens (including phenoxy) is 3. The zero-order valence-electron chi connectivity index (χ0n) is 17.3. The molecule has 152 valence electrons. The average Bonchev–Trinajstić information content (AvgIpc) is 2.63. The average molecular weight is 379 g/mol. The van der Waals surface area contributed by atoms with Crippen LogP contribution in [-0.4, -0.2) is 58.3 Å². The molecule has 1 heterocycles. The molecule has 0 aliphatic carbocycles. The molecule has 27 heavy (non-hydrogen) atoms. The van der Waals surface area contributed by atoms with Gasteiger partial charge >= 0.3 is 0 Å². The maximum atomic E-state index is 12.3. The minimum Gasteiger partial charge on any atom is -0.493 e. The molecule has 6 nitrogen and oxygen atoms in total. The normalized spacial score (nSPS) is 20.2. The Hall–Kier alpha value is -1.95. The fraction of sp³-hybridized carbons (Fsp3) is 0.667. The molecule has 1 aromatic carbocycles. The molecule has 0 spiro atoms. The number of nitrogens with zero attached hydrogens (tertiary/aromatic N) is 1. The summed E-state index contributed by atoms with van der Waals surface area (Å²) in [5.74, 6) is 3.20. The summed E-state index contributed by atoms with van der Waals surface area (Å²) in [4.78, 5) is 14.8. The van der Waals surface area contributed by atoms with Crippen molar-refractivity contribution >= 4 is 5.91 Å². The molecule has 1 amide bonds. The van der Waals surface area contributed by atoms with E-state index >= 15 is 0 Å². The van der Waals surface area contributed by atoms with Gasteiger partial charge in [0, 0.05) is 19.6 Å². The Morgan fingerprint density at radius 3 is 2.19 bits per heavy atom. The summed E-state index contributed by atoms with van der Waals surface area (Å²) in [6.07, 6.45) is 2.58. The van der Waals surface area contributed by atoms with E-state index in [2.05, 4.69) is 24.1 Å². The van der Waals surface area contributed by atoms with Crippen LogP contribution in [0.5, 0.6) is 17.2 Å². The number of hydrogen-bond donors (Lipinski definition) is 1. The molecule has 1 aromatic rings. The predicted octanol–water partition coefficient (Wildman–Crippen LogP) is 2.74. The highest BCUT2D eigenvalue weighted by Gasteiger charge is 2.21. The van der Waals surface area contributed by atoms with E-state index in [1.165, 1.54) is 19.5 Å². The molecule has 1 saturated heterocycles. The fourth-order valence-electron chi connectivity index (χ4n) is 3.99. The molecule has 0 saturated carbocycles. The monoisotopic (exact) mass is 378 g/mol. The first kappa shape index (κ1) is 21.4. The van der Waals surface area contributed by atoms with Gasteiger partial charge in [0.05, 0.1) is 27.8 Å². The molecule has 6 heteroatoms. The van der Waals surface area contributed by atoms with E-state index in [0.29, 0.717) is 23.8 Å². The number of nitrogens with one attached hydrogen (secondary N) is 1. The molecular weight excluding hydrogens is 344 g/mol. The molecule has 0 aromatic heterocycles.